The summed E-state index contributed by atoms with van der Waals surface area (Å²) < 4.78 is 11.7. The van der Waals surface area contributed by atoms with Crippen LogP contribution in [0, 0.1) is 11.5 Å². The van der Waals surface area contributed by atoms with E-state index in [0.29, 0.717) is 0 Å². The Labute approximate surface area is 114 Å². The molecule has 2 nitrogen and oxygen atoms in total. The van der Waals surface area contributed by atoms with Gasteiger partial charge in [0, 0.05) is 5.41 Å². The summed E-state index contributed by atoms with van der Waals surface area (Å²) >= 11 is 0. The molecule has 1 saturated carbocycles. The van der Waals surface area contributed by atoms with E-state index < -0.39 is 0 Å². The van der Waals surface area contributed by atoms with Crippen LogP contribution in [0.1, 0.15) is 12.8 Å². The molecule has 3 rings (SSSR count). The first kappa shape index (κ1) is 12.1. The molecule has 2 aromatic carbocycles. The first-order valence-electron chi connectivity index (χ1n) is 6.63. The lowest BCUT2D eigenvalue weighted by Crippen LogP contribution is -2.21. The molecule has 1 fully saturated rings. The molecule has 0 bridgehead atoms. The molecule has 0 heterocycles. The normalized spacial score (nSPS) is 15.8. The minimum absolute atomic E-state index is 0.204. The van der Waals surface area contributed by atoms with Crippen molar-refractivity contribution in [3.05, 3.63) is 60.7 Å². The average molecular weight is 253 g/mol. The summed E-state index contributed by atoms with van der Waals surface area (Å²) in [5.74, 6) is 1.84. The highest BCUT2D eigenvalue weighted by atomic mass is 16.5. The summed E-state index contributed by atoms with van der Waals surface area (Å²) in [6, 6.07) is 20.6. The minimum Gasteiger partial charge on any atom is -0.493 e. The van der Waals surface area contributed by atoms with Crippen molar-refractivity contribution >= 4 is 0 Å². The van der Waals surface area contributed by atoms with Gasteiger partial charge in [-0.2, -0.15) is 0 Å². The van der Waals surface area contributed by atoms with Crippen LogP contribution in [0.15, 0.2) is 54.6 Å². The highest BCUT2D eigenvalue weighted by molar-refractivity contribution is 5.22. The van der Waals surface area contributed by atoms with Gasteiger partial charge in [-0.15, -0.1) is 0 Å². The molecule has 0 aliphatic heterocycles. The number of hydrogen-bond acceptors (Lipinski definition) is 2. The molecule has 1 aliphatic rings. The molecule has 0 N–H and O–H groups in total. The molecule has 2 heteroatoms. The van der Waals surface area contributed by atoms with Crippen molar-refractivity contribution in [1.29, 1.82) is 0 Å². The van der Waals surface area contributed by atoms with Crippen LogP contribution in [0.4, 0.5) is 0 Å². The van der Waals surface area contributed by atoms with Crippen molar-refractivity contribution in [2.45, 2.75) is 12.8 Å². The third-order valence-electron chi connectivity index (χ3n) is 3.48. The Bertz CT molecular complexity index is 458. The zero-order valence-corrected chi connectivity index (χ0v) is 10.8. The van der Waals surface area contributed by atoms with E-state index in [1.165, 1.54) is 12.8 Å². The van der Waals surface area contributed by atoms with E-state index in [1.54, 1.807) is 0 Å². The Kier molecular flexibility index (Phi) is 3.41. The number of benzene rings is 2. The molecule has 1 radical (unpaired) electrons. The summed E-state index contributed by atoms with van der Waals surface area (Å²) in [5, 5.41) is 0. The van der Waals surface area contributed by atoms with Gasteiger partial charge in [-0.3, -0.25) is 0 Å². The maximum absolute atomic E-state index is 5.84. The molecule has 0 saturated heterocycles. The maximum atomic E-state index is 5.84. The number of hydrogen-bond donors (Lipinski definition) is 0. The van der Waals surface area contributed by atoms with Crippen LogP contribution in [0.5, 0.6) is 11.5 Å². The molecule has 19 heavy (non-hydrogen) atoms. The van der Waals surface area contributed by atoms with Crippen molar-refractivity contribution in [2.24, 2.45) is 5.41 Å². The van der Waals surface area contributed by atoms with Crippen LogP contribution in [0.25, 0.3) is 0 Å². The molecular weight excluding hydrogens is 236 g/mol. The second kappa shape index (κ2) is 5.35. The van der Waals surface area contributed by atoms with Gasteiger partial charge in [0.15, 0.2) is 0 Å². The summed E-state index contributed by atoms with van der Waals surface area (Å²) in [4.78, 5) is 0. The topological polar surface area (TPSA) is 18.5 Å². The molecule has 0 atom stereocenters. The van der Waals surface area contributed by atoms with E-state index in [1.807, 2.05) is 54.6 Å². The average Bonchev–Trinajstić information content (AvgIpc) is 3.26. The molecule has 0 unspecified atom stereocenters. The van der Waals surface area contributed by atoms with E-state index in [4.69, 9.17) is 9.47 Å². The minimum atomic E-state index is 0.204. The number of ether oxygens (including phenoxy) is 2. The summed E-state index contributed by atoms with van der Waals surface area (Å²) in [5.41, 5.74) is 0.204. The predicted molar refractivity (Wildman–Crippen MR) is 74.4 cm³/mol. The fraction of sp³-hybridized carbons (Fsp3) is 0.294. The van der Waals surface area contributed by atoms with Crippen LogP contribution in [-0.2, 0) is 0 Å². The smallest absolute Gasteiger partial charge is 0.119 e. The molecule has 2 aromatic rings. The molecule has 0 spiro atoms. The maximum Gasteiger partial charge on any atom is 0.119 e. The van der Waals surface area contributed by atoms with E-state index >= 15 is 0 Å². The zero-order chi connectivity index (χ0) is 13.0. The van der Waals surface area contributed by atoms with Gasteiger partial charge in [-0.05, 0) is 43.2 Å². The van der Waals surface area contributed by atoms with Gasteiger partial charge in [0.05, 0.1) is 13.2 Å². The first-order chi connectivity index (χ1) is 9.36. The first-order valence-corrected chi connectivity index (χ1v) is 6.63. The standard InChI is InChI=1S/C17H17O2/c1-3-7-15(8-4-1)18-13-17(11-12-17)14-19-16-9-5-2-6-10-16/h1,3-10H,11-14H2. The third-order valence-corrected chi connectivity index (χ3v) is 3.48. The SMILES string of the molecule is [c]1ccc(OCC2(COc3ccccc3)CC2)cc1. The monoisotopic (exact) mass is 253 g/mol. The van der Waals surface area contributed by atoms with Crippen molar-refractivity contribution in [3.8, 4) is 11.5 Å². The van der Waals surface area contributed by atoms with E-state index in [9.17, 15) is 0 Å². The molecule has 0 amide bonds. The van der Waals surface area contributed by atoms with Crippen LogP contribution in [-0.4, -0.2) is 13.2 Å². The summed E-state index contributed by atoms with van der Waals surface area (Å²) in [6.45, 7) is 1.46. The highest BCUT2D eigenvalue weighted by Gasteiger charge is 2.44. The Morgan fingerprint density at radius 1 is 0.842 bits per heavy atom. The van der Waals surface area contributed by atoms with Gasteiger partial charge in [-0.1, -0.05) is 30.3 Å². The Balaban J connectivity index is 1.50. The second-order valence-corrected chi connectivity index (χ2v) is 5.13. The van der Waals surface area contributed by atoms with Gasteiger partial charge >= 0.3 is 0 Å². The van der Waals surface area contributed by atoms with Crippen molar-refractivity contribution in [2.75, 3.05) is 13.2 Å². The van der Waals surface area contributed by atoms with Crippen molar-refractivity contribution in [1.82, 2.24) is 0 Å². The van der Waals surface area contributed by atoms with Crippen LogP contribution in [0.3, 0.4) is 0 Å². The van der Waals surface area contributed by atoms with E-state index in [2.05, 4.69) is 6.07 Å². The fourth-order valence-corrected chi connectivity index (χ4v) is 1.96. The summed E-state index contributed by atoms with van der Waals surface area (Å²) in [7, 11) is 0. The quantitative estimate of drug-likeness (QED) is 0.781. The summed E-state index contributed by atoms with van der Waals surface area (Å²) in [6.07, 6.45) is 2.36. The van der Waals surface area contributed by atoms with Gasteiger partial charge < -0.3 is 9.47 Å². The lowest BCUT2D eigenvalue weighted by atomic mass is 10.1. The lowest BCUT2D eigenvalue weighted by Gasteiger charge is -2.17. The number of rotatable bonds is 6. The third kappa shape index (κ3) is 3.28. The zero-order valence-electron chi connectivity index (χ0n) is 10.8. The van der Waals surface area contributed by atoms with Gasteiger partial charge in [0.2, 0.25) is 0 Å². The van der Waals surface area contributed by atoms with E-state index in [0.717, 1.165) is 24.7 Å². The fourth-order valence-electron chi connectivity index (χ4n) is 1.96. The van der Waals surface area contributed by atoms with Gasteiger partial charge in [-0.25, -0.2) is 0 Å². The molecule has 0 aromatic heterocycles. The molecule has 97 valence electrons. The molecule has 1 aliphatic carbocycles. The molecular formula is C17H17O2. The van der Waals surface area contributed by atoms with E-state index in [-0.39, 0.29) is 5.41 Å². The largest absolute Gasteiger partial charge is 0.493 e. The lowest BCUT2D eigenvalue weighted by molar-refractivity contribution is 0.160. The van der Waals surface area contributed by atoms with Crippen LogP contribution < -0.4 is 9.47 Å². The Morgan fingerprint density at radius 3 is 2.00 bits per heavy atom. The predicted octanol–water partition coefficient (Wildman–Crippen LogP) is 3.72. The van der Waals surface area contributed by atoms with Gasteiger partial charge in [0.1, 0.15) is 11.5 Å². The van der Waals surface area contributed by atoms with Crippen molar-refractivity contribution in [3.63, 3.8) is 0 Å². The van der Waals surface area contributed by atoms with Crippen molar-refractivity contribution < 1.29 is 9.47 Å². The second-order valence-electron chi connectivity index (χ2n) is 5.13. The Morgan fingerprint density at radius 2 is 1.42 bits per heavy atom. The number of para-hydroxylation sites is 1. The van der Waals surface area contributed by atoms with Gasteiger partial charge in [0.25, 0.3) is 0 Å². The Hall–Kier alpha value is -1.96. The van der Waals surface area contributed by atoms with Crippen LogP contribution >= 0.6 is 0 Å². The highest BCUT2D eigenvalue weighted by Crippen LogP contribution is 2.46. The van der Waals surface area contributed by atoms with Crippen LogP contribution in [0.2, 0.25) is 0 Å².